The average Bonchev–Trinajstić information content (AvgIpc) is 3.09. The molecule has 30 heavy (non-hydrogen) atoms. The zero-order valence-electron chi connectivity index (χ0n) is 16.8. The molecule has 3 amide bonds. The lowest BCUT2D eigenvalue weighted by Crippen LogP contribution is -2.44. The smallest absolute Gasteiger partial charge is 0.325 e. The van der Waals surface area contributed by atoms with Crippen molar-refractivity contribution in [2.45, 2.75) is 37.3 Å². The minimum absolute atomic E-state index is 0.00543. The summed E-state index contributed by atoms with van der Waals surface area (Å²) in [6, 6.07) is 2.51. The number of benzene rings is 1. The van der Waals surface area contributed by atoms with E-state index in [0.29, 0.717) is 0 Å². The molecule has 1 fully saturated rings. The van der Waals surface area contributed by atoms with Crippen LogP contribution in [-0.2, 0) is 24.3 Å². The summed E-state index contributed by atoms with van der Waals surface area (Å²) in [6.45, 7) is 6.11. The number of hydrogen-bond donors (Lipinski definition) is 3. The number of aliphatic hydroxyl groups is 1. The number of rotatable bonds is 7. The number of urea groups is 1. The maximum absolute atomic E-state index is 13.0. The number of aliphatic hydroxyl groups excluding tert-OH is 1. The molecule has 0 bridgehead atoms. The summed E-state index contributed by atoms with van der Waals surface area (Å²) in [5.74, 6) is -1.87. The summed E-state index contributed by atoms with van der Waals surface area (Å²) in [4.78, 5) is 35.5. The standard InChI is InChI=1S/C19H25N3O7S/c1-4-7-20-19(26)21-17(24)11-29-18(25)16-9-14(23)10-22(16)30(27,28)15-6-5-12(2)13(3)8-15/h4-6,8,14,16,23H,1,7,9-11H2,2-3H3,(H2,20,21,24,26)/t14?,16-/m0/s1. The van der Waals surface area contributed by atoms with E-state index in [9.17, 15) is 27.9 Å². The number of nitrogens with zero attached hydrogens (tertiary/aromatic N) is 1. The maximum Gasteiger partial charge on any atom is 0.325 e. The van der Waals surface area contributed by atoms with Crippen molar-refractivity contribution in [3.05, 3.63) is 42.0 Å². The molecule has 0 aliphatic carbocycles. The minimum Gasteiger partial charge on any atom is -0.454 e. The van der Waals surface area contributed by atoms with Gasteiger partial charge >= 0.3 is 12.0 Å². The fourth-order valence-electron chi connectivity index (χ4n) is 2.88. The molecule has 1 heterocycles. The Kier molecular flexibility index (Phi) is 7.71. The number of sulfonamides is 1. The third-order valence-electron chi connectivity index (χ3n) is 4.60. The number of carbonyl (C=O) groups excluding carboxylic acids is 3. The van der Waals surface area contributed by atoms with E-state index in [1.165, 1.54) is 18.2 Å². The Morgan fingerprint density at radius 2 is 2.00 bits per heavy atom. The molecule has 3 N–H and O–H groups in total. The molecule has 11 heteroatoms. The lowest BCUT2D eigenvalue weighted by atomic mass is 10.1. The van der Waals surface area contributed by atoms with Gasteiger partial charge in [-0.2, -0.15) is 4.31 Å². The summed E-state index contributed by atoms with van der Waals surface area (Å²) in [5, 5.41) is 14.2. The number of β-amino-alcohol motifs (C(OH)–C–C–N with tert-alkyl or cyclic N) is 1. The number of carbonyl (C=O) groups is 3. The Labute approximate surface area is 174 Å². The molecule has 10 nitrogen and oxygen atoms in total. The summed E-state index contributed by atoms with van der Waals surface area (Å²) in [6.07, 6.45) is 0.201. The highest BCUT2D eigenvalue weighted by Gasteiger charge is 2.44. The van der Waals surface area contributed by atoms with Gasteiger partial charge in [0.1, 0.15) is 6.04 Å². The monoisotopic (exact) mass is 439 g/mol. The molecule has 164 valence electrons. The normalized spacial score (nSPS) is 19.2. The number of imide groups is 1. The van der Waals surface area contributed by atoms with E-state index in [2.05, 4.69) is 11.9 Å². The van der Waals surface area contributed by atoms with E-state index >= 15 is 0 Å². The lowest BCUT2D eigenvalue weighted by molar-refractivity contribution is -0.151. The lowest BCUT2D eigenvalue weighted by Gasteiger charge is -2.22. The van der Waals surface area contributed by atoms with Crippen molar-refractivity contribution in [2.24, 2.45) is 0 Å². The van der Waals surface area contributed by atoms with Crippen LogP contribution in [0.15, 0.2) is 35.7 Å². The second kappa shape index (κ2) is 9.83. The summed E-state index contributed by atoms with van der Waals surface area (Å²) >= 11 is 0. The molecule has 2 atom stereocenters. The summed E-state index contributed by atoms with van der Waals surface area (Å²) in [5.41, 5.74) is 1.68. The second-order valence-corrected chi connectivity index (χ2v) is 8.77. The Morgan fingerprint density at radius 1 is 1.30 bits per heavy atom. The molecule has 0 radical (unpaired) electrons. The van der Waals surface area contributed by atoms with Crippen LogP contribution in [0.1, 0.15) is 17.5 Å². The highest BCUT2D eigenvalue weighted by Crippen LogP contribution is 2.28. The number of hydrogen-bond acceptors (Lipinski definition) is 7. The average molecular weight is 439 g/mol. The van der Waals surface area contributed by atoms with Gasteiger partial charge < -0.3 is 15.2 Å². The van der Waals surface area contributed by atoms with E-state index in [1.807, 2.05) is 12.2 Å². The molecule has 1 aliphatic heterocycles. The molecule has 1 aromatic rings. The van der Waals surface area contributed by atoms with Crippen molar-refractivity contribution in [3.63, 3.8) is 0 Å². The van der Waals surface area contributed by atoms with Gasteiger partial charge in [-0.3, -0.25) is 14.9 Å². The first-order valence-corrected chi connectivity index (χ1v) is 10.6. The quantitative estimate of drug-likeness (QED) is 0.400. The number of amides is 3. The molecule has 0 aromatic heterocycles. The van der Waals surface area contributed by atoms with Crippen LogP contribution in [0.3, 0.4) is 0 Å². The van der Waals surface area contributed by atoms with Crippen molar-refractivity contribution < 1.29 is 32.6 Å². The number of aryl methyl sites for hydroxylation is 2. The highest BCUT2D eigenvalue weighted by atomic mass is 32.2. The fourth-order valence-corrected chi connectivity index (χ4v) is 4.59. The van der Waals surface area contributed by atoms with Crippen molar-refractivity contribution in [1.29, 1.82) is 0 Å². The van der Waals surface area contributed by atoms with Gasteiger partial charge in [-0.15, -0.1) is 6.58 Å². The van der Waals surface area contributed by atoms with E-state index < -0.39 is 46.7 Å². The van der Waals surface area contributed by atoms with Crippen molar-refractivity contribution in [3.8, 4) is 0 Å². The minimum atomic E-state index is -4.07. The van der Waals surface area contributed by atoms with Crippen LogP contribution < -0.4 is 10.6 Å². The maximum atomic E-state index is 13.0. The third kappa shape index (κ3) is 5.65. The van der Waals surface area contributed by atoms with Crippen molar-refractivity contribution >= 4 is 27.9 Å². The first-order chi connectivity index (χ1) is 14.1. The Bertz CT molecular complexity index is 945. The Hall–Kier alpha value is -2.76. The van der Waals surface area contributed by atoms with Crippen LogP contribution in [0.25, 0.3) is 0 Å². The van der Waals surface area contributed by atoms with Gasteiger partial charge in [-0.05, 0) is 37.1 Å². The highest BCUT2D eigenvalue weighted by molar-refractivity contribution is 7.89. The van der Waals surface area contributed by atoms with Crippen LogP contribution in [0.2, 0.25) is 0 Å². The van der Waals surface area contributed by atoms with Crippen LogP contribution in [0.4, 0.5) is 4.79 Å². The second-order valence-electron chi connectivity index (χ2n) is 6.88. The zero-order valence-corrected chi connectivity index (χ0v) is 17.6. The van der Waals surface area contributed by atoms with E-state index in [0.717, 1.165) is 15.4 Å². The van der Waals surface area contributed by atoms with Crippen molar-refractivity contribution in [1.82, 2.24) is 14.9 Å². The first-order valence-electron chi connectivity index (χ1n) is 9.18. The summed E-state index contributed by atoms with van der Waals surface area (Å²) < 4.78 is 31.8. The number of ether oxygens (including phenoxy) is 1. The molecular weight excluding hydrogens is 414 g/mol. The first kappa shape index (κ1) is 23.5. The predicted molar refractivity (Wildman–Crippen MR) is 107 cm³/mol. The van der Waals surface area contributed by atoms with Gasteiger partial charge in [0.2, 0.25) is 10.0 Å². The van der Waals surface area contributed by atoms with Gasteiger partial charge in [-0.1, -0.05) is 12.1 Å². The predicted octanol–water partition coefficient (Wildman–Crippen LogP) is -0.0177. The number of nitrogens with one attached hydrogen (secondary N) is 2. The van der Waals surface area contributed by atoms with Crippen LogP contribution in [-0.4, -0.2) is 67.6 Å². The van der Waals surface area contributed by atoms with Gasteiger partial charge in [0, 0.05) is 19.5 Å². The van der Waals surface area contributed by atoms with Gasteiger partial charge in [0.05, 0.1) is 11.0 Å². The number of esters is 1. The topological polar surface area (TPSA) is 142 Å². The van der Waals surface area contributed by atoms with Crippen LogP contribution in [0.5, 0.6) is 0 Å². The Morgan fingerprint density at radius 3 is 2.63 bits per heavy atom. The molecular formula is C19H25N3O7S. The molecule has 1 aromatic carbocycles. The van der Waals surface area contributed by atoms with E-state index in [4.69, 9.17) is 4.74 Å². The zero-order chi connectivity index (χ0) is 22.5. The summed E-state index contributed by atoms with van der Waals surface area (Å²) in [7, 11) is -4.07. The van der Waals surface area contributed by atoms with E-state index in [-0.39, 0.29) is 24.4 Å². The fraction of sp³-hybridized carbons (Fsp3) is 0.421. The van der Waals surface area contributed by atoms with Crippen molar-refractivity contribution in [2.75, 3.05) is 19.7 Å². The molecule has 1 saturated heterocycles. The molecule has 0 saturated carbocycles. The molecule has 2 rings (SSSR count). The molecule has 1 aliphatic rings. The van der Waals surface area contributed by atoms with Crippen LogP contribution >= 0.6 is 0 Å². The van der Waals surface area contributed by atoms with E-state index in [1.54, 1.807) is 13.0 Å². The third-order valence-corrected chi connectivity index (χ3v) is 6.47. The van der Waals surface area contributed by atoms with Gasteiger partial charge in [-0.25, -0.2) is 13.2 Å². The largest absolute Gasteiger partial charge is 0.454 e. The van der Waals surface area contributed by atoms with Crippen LogP contribution in [0, 0.1) is 13.8 Å². The molecule has 1 unspecified atom stereocenters. The SMILES string of the molecule is C=CCNC(=O)NC(=O)COC(=O)[C@@H]1CC(O)CN1S(=O)(=O)c1ccc(C)c(C)c1. The van der Waals surface area contributed by atoms with Gasteiger partial charge in [0.25, 0.3) is 5.91 Å². The molecule has 0 spiro atoms. The van der Waals surface area contributed by atoms with Gasteiger partial charge in [0.15, 0.2) is 6.61 Å². The Balaban J connectivity index is 2.07.